The SMILES string of the molecule is CNCCN(C)C(=O)n1nc(Cn2ccc(C)c(Oc3cc(Cl)cc(C#N)c3)c2=O)c2cccnc21.[Cl-]. The first kappa shape index (κ1) is 27.7. The lowest BCUT2D eigenvalue weighted by Crippen LogP contribution is -3.00. The number of carbonyl (C=O) groups is 1. The molecule has 0 spiro atoms. The largest absolute Gasteiger partial charge is 1.00 e. The number of halogens is 2. The standard InChI is InChI=1S/C25H24ClN7O3.ClH/c1-16-6-9-32(24(34)22(16)36-19-12-17(14-27)11-18(26)13-19)15-21-20-5-4-7-29-23(20)33(30-21)25(35)31(3)10-8-28-2;/h4-7,9,11-13,28H,8,10,15H2,1-3H3;1H/p-1. The van der Waals surface area contributed by atoms with Crippen molar-refractivity contribution in [3.05, 3.63) is 81.0 Å². The van der Waals surface area contributed by atoms with Crippen LogP contribution in [-0.4, -0.2) is 57.4 Å². The van der Waals surface area contributed by atoms with Crippen molar-refractivity contribution in [2.75, 3.05) is 27.2 Å². The molecule has 4 rings (SSSR count). The van der Waals surface area contributed by atoms with Crippen molar-refractivity contribution in [3.63, 3.8) is 0 Å². The highest BCUT2D eigenvalue weighted by Gasteiger charge is 2.20. The molecule has 1 N–H and O–H groups in total. The Labute approximate surface area is 224 Å². The van der Waals surface area contributed by atoms with E-state index >= 15 is 0 Å². The van der Waals surface area contributed by atoms with Crippen LogP contribution < -0.4 is 28.0 Å². The van der Waals surface area contributed by atoms with E-state index in [9.17, 15) is 14.9 Å². The number of ether oxygens (including phenoxy) is 1. The van der Waals surface area contributed by atoms with Crippen LogP contribution in [0, 0.1) is 18.3 Å². The van der Waals surface area contributed by atoms with Gasteiger partial charge in [-0.05, 0) is 55.9 Å². The maximum Gasteiger partial charge on any atom is 0.346 e. The summed E-state index contributed by atoms with van der Waals surface area (Å²) in [6.07, 6.45) is 3.24. The number of nitriles is 1. The molecule has 0 aliphatic rings. The van der Waals surface area contributed by atoms with Crippen molar-refractivity contribution >= 4 is 28.7 Å². The summed E-state index contributed by atoms with van der Waals surface area (Å²) in [5.41, 5.74) is 1.47. The first-order chi connectivity index (χ1) is 17.3. The zero-order valence-corrected chi connectivity index (χ0v) is 21.9. The molecular weight excluding hydrogens is 517 g/mol. The van der Waals surface area contributed by atoms with Crippen LogP contribution in [0.2, 0.25) is 5.02 Å². The molecule has 0 saturated carbocycles. The van der Waals surface area contributed by atoms with Gasteiger partial charge in [-0.25, -0.2) is 9.78 Å². The van der Waals surface area contributed by atoms with Gasteiger partial charge in [-0.2, -0.15) is 15.0 Å². The van der Waals surface area contributed by atoms with Crippen molar-refractivity contribution in [1.82, 2.24) is 29.5 Å². The molecule has 10 nitrogen and oxygen atoms in total. The fraction of sp³-hybridized carbons (Fsp3) is 0.240. The van der Waals surface area contributed by atoms with Crippen LogP contribution in [0.25, 0.3) is 11.0 Å². The van der Waals surface area contributed by atoms with E-state index in [0.717, 1.165) is 0 Å². The Bertz CT molecular complexity index is 1540. The minimum Gasteiger partial charge on any atom is -1.00 e. The Morgan fingerprint density at radius 2 is 2.08 bits per heavy atom. The van der Waals surface area contributed by atoms with E-state index in [1.807, 2.05) is 19.2 Å². The normalized spacial score (nSPS) is 10.6. The van der Waals surface area contributed by atoms with Gasteiger partial charge in [0.1, 0.15) is 5.75 Å². The number of pyridine rings is 2. The van der Waals surface area contributed by atoms with Gasteiger partial charge in [0.15, 0.2) is 11.4 Å². The molecule has 0 aliphatic carbocycles. The Morgan fingerprint density at radius 1 is 1.30 bits per heavy atom. The van der Waals surface area contributed by atoms with Gasteiger partial charge < -0.3 is 31.9 Å². The molecule has 4 aromatic rings. The third kappa shape index (κ3) is 5.91. The first-order valence-electron chi connectivity index (χ1n) is 11.1. The van der Waals surface area contributed by atoms with E-state index in [4.69, 9.17) is 16.3 Å². The fourth-order valence-corrected chi connectivity index (χ4v) is 3.88. The molecule has 192 valence electrons. The van der Waals surface area contributed by atoms with Gasteiger partial charge in [0.2, 0.25) is 0 Å². The molecule has 3 heterocycles. The van der Waals surface area contributed by atoms with E-state index in [-0.39, 0.29) is 36.5 Å². The monoisotopic (exact) mass is 540 g/mol. The molecule has 1 amide bonds. The second-order valence-electron chi connectivity index (χ2n) is 8.19. The molecule has 0 aliphatic heterocycles. The second kappa shape index (κ2) is 11.9. The topological polar surface area (TPSA) is 118 Å². The third-order valence-corrected chi connectivity index (χ3v) is 5.80. The highest BCUT2D eigenvalue weighted by Crippen LogP contribution is 2.26. The third-order valence-electron chi connectivity index (χ3n) is 5.58. The zero-order valence-electron chi connectivity index (χ0n) is 20.4. The van der Waals surface area contributed by atoms with Crippen molar-refractivity contribution < 1.29 is 21.9 Å². The van der Waals surface area contributed by atoms with E-state index in [1.165, 1.54) is 27.4 Å². The number of fused-ring (bicyclic) bond motifs is 1. The first-order valence-corrected chi connectivity index (χ1v) is 11.5. The Kier molecular flexibility index (Phi) is 8.89. The summed E-state index contributed by atoms with van der Waals surface area (Å²) in [7, 11) is 3.50. The minimum absolute atomic E-state index is 0. The summed E-state index contributed by atoms with van der Waals surface area (Å²) < 4.78 is 8.58. The van der Waals surface area contributed by atoms with Gasteiger partial charge >= 0.3 is 6.03 Å². The number of rotatable bonds is 7. The summed E-state index contributed by atoms with van der Waals surface area (Å²) >= 11 is 6.08. The fourth-order valence-electron chi connectivity index (χ4n) is 3.66. The molecule has 0 radical (unpaired) electrons. The van der Waals surface area contributed by atoms with Crippen LogP contribution in [0.5, 0.6) is 11.5 Å². The lowest BCUT2D eigenvalue weighted by Gasteiger charge is -2.16. The van der Waals surface area contributed by atoms with Crippen molar-refractivity contribution in [2.45, 2.75) is 13.5 Å². The Balaban J connectivity index is 0.00000380. The van der Waals surface area contributed by atoms with Gasteiger partial charge in [0.25, 0.3) is 5.56 Å². The maximum atomic E-state index is 13.3. The Hall–Kier alpha value is -3.91. The summed E-state index contributed by atoms with van der Waals surface area (Å²) in [6, 6.07) is 11.6. The average Bonchev–Trinajstić information content (AvgIpc) is 3.24. The number of nitrogens with zero attached hydrogens (tertiary/aromatic N) is 6. The van der Waals surface area contributed by atoms with Crippen LogP contribution in [0.15, 0.2) is 53.6 Å². The number of amides is 1. The average molecular weight is 541 g/mol. The van der Waals surface area contributed by atoms with E-state index in [2.05, 4.69) is 15.4 Å². The highest BCUT2D eigenvalue weighted by atomic mass is 35.5. The lowest BCUT2D eigenvalue weighted by molar-refractivity contribution is -0.0000114. The van der Waals surface area contributed by atoms with Gasteiger partial charge in [0, 0.05) is 42.9 Å². The number of aryl methyl sites for hydroxylation is 1. The molecular formula is C25H24Cl2N7O3-. The smallest absolute Gasteiger partial charge is 0.346 e. The number of nitrogens with one attached hydrogen (secondary N) is 1. The van der Waals surface area contributed by atoms with Crippen LogP contribution >= 0.6 is 11.6 Å². The van der Waals surface area contributed by atoms with Gasteiger partial charge in [0.05, 0.1) is 23.9 Å². The van der Waals surface area contributed by atoms with E-state index in [0.29, 0.717) is 46.0 Å². The maximum absolute atomic E-state index is 13.3. The molecule has 1 aromatic carbocycles. The van der Waals surface area contributed by atoms with Crippen LogP contribution in [0.1, 0.15) is 16.8 Å². The minimum atomic E-state index is -0.391. The van der Waals surface area contributed by atoms with Crippen molar-refractivity contribution in [2.24, 2.45) is 0 Å². The number of carbonyl (C=O) groups excluding carboxylic acids is 1. The van der Waals surface area contributed by atoms with Crippen molar-refractivity contribution in [1.29, 1.82) is 5.26 Å². The van der Waals surface area contributed by atoms with E-state index < -0.39 is 5.56 Å². The molecule has 0 atom stereocenters. The number of hydrogen-bond donors (Lipinski definition) is 1. The summed E-state index contributed by atoms with van der Waals surface area (Å²) in [5, 5.41) is 17.7. The highest BCUT2D eigenvalue weighted by molar-refractivity contribution is 6.30. The second-order valence-corrected chi connectivity index (χ2v) is 8.63. The predicted molar refractivity (Wildman–Crippen MR) is 136 cm³/mol. The van der Waals surface area contributed by atoms with Gasteiger partial charge in [-0.15, -0.1) is 0 Å². The lowest BCUT2D eigenvalue weighted by atomic mass is 10.2. The number of benzene rings is 1. The quantitative estimate of drug-likeness (QED) is 0.360. The van der Waals surface area contributed by atoms with Gasteiger partial charge in [-0.3, -0.25) is 4.79 Å². The molecule has 0 saturated heterocycles. The number of aromatic nitrogens is 4. The molecule has 3 aromatic heterocycles. The summed E-state index contributed by atoms with van der Waals surface area (Å²) in [6.45, 7) is 2.97. The van der Waals surface area contributed by atoms with Crippen LogP contribution in [-0.2, 0) is 6.54 Å². The van der Waals surface area contributed by atoms with Crippen molar-refractivity contribution in [3.8, 4) is 17.6 Å². The number of hydrogen-bond acceptors (Lipinski definition) is 7. The predicted octanol–water partition coefficient (Wildman–Crippen LogP) is 0.390. The molecule has 0 bridgehead atoms. The van der Waals surface area contributed by atoms with Crippen LogP contribution in [0.3, 0.4) is 0 Å². The van der Waals surface area contributed by atoms with E-state index in [1.54, 1.807) is 43.4 Å². The number of likely N-dealkylation sites (N-methyl/N-ethyl adjacent to an activating group) is 2. The summed E-state index contributed by atoms with van der Waals surface area (Å²) in [4.78, 5) is 32.3. The van der Waals surface area contributed by atoms with Gasteiger partial charge in [-0.1, -0.05) is 11.6 Å². The van der Waals surface area contributed by atoms with Crippen LogP contribution in [0.4, 0.5) is 4.79 Å². The molecule has 0 fully saturated rings. The molecule has 12 heteroatoms. The molecule has 37 heavy (non-hydrogen) atoms. The zero-order chi connectivity index (χ0) is 25.8. The summed E-state index contributed by atoms with van der Waals surface area (Å²) in [5.74, 6) is 0.388. The molecule has 0 unspecified atom stereocenters. The Morgan fingerprint density at radius 3 is 2.81 bits per heavy atom.